The van der Waals surface area contributed by atoms with Crippen molar-refractivity contribution in [3.63, 3.8) is 0 Å². The Kier molecular flexibility index (Phi) is 3.01. The highest BCUT2D eigenvalue weighted by Gasteiger charge is 2.10. The first-order valence-corrected chi connectivity index (χ1v) is 3.65. The summed E-state index contributed by atoms with van der Waals surface area (Å²) in [6.07, 6.45) is 2.45. The van der Waals surface area contributed by atoms with Crippen molar-refractivity contribution in [2.75, 3.05) is 13.7 Å². The average molecular weight is 168 g/mol. The van der Waals surface area contributed by atoms with E-state index < -0.39 is 6.10 Å². The first-order valence-electron chi connectivity index (χ1n) is 3.65. The Morgan fingerprint density at radius 1 is 1.75 bits per heavy atom. The zero-order valence-corrected chi connectivity index (χ0v) is 6.90. The van der Waals surface area contributed by atoms with Gasteiger partial charge in [-0.3, -0.25) is 4.98 Å². The molecule has 0 aromatic carbocycles. The molecule has 0 bridgehead atoms. The summed E-state index contributed by atoms with van der Waals surface area (Å²) in [5, 5.41) is 9.40. The van der Waals surface area contributed by atoms with Gasteiger partial charge in [-0.25, -0.2) is 0 Å². The lowest BCUT2D eigenvalue weighted by molar-refractivity contribution is 0.181. The van der Waals surface area contributed by atoms with Crippen LogP contribution in [-0.4, -0.2) is 23.7 Å². The molecule has 1 aromatic heterocycles. The van der Waals surface area contributed by atoms with Crippen LogP contribution in [-0.2, 0) is 0 Å². The average Bonchev–Trinajstić information content (AvgIpc) is 2.16. The normalized spacial score (nSPS) is 12.6. The Bertz CT molecular complexity index is 253. The van der Waals surface area contributed by atoms with Crippen molar-refractivity contribution in [2.45, 2.75) is 6.10 Å². The van der Waals surface area contributed by atoms with Gasteiger partial charge >= 0.3 is 0 Å². The maximum absolute atomic E-state index is 9.40. The molecule has 0 spiro atoms. The second kappa shape index (κ2) is 4.04. The molecule has 4 heteroatoms. The van der Waals surface area contributed by atoms with Crippen molar-refractivity contribution < 1.29 is 9.84 Å². The number of nitrogens with two attached hydrogens (primary N) is 1. The van der Waals surface area contributed by atoms with Gasteiger partial charge in [0.25, 0.3) is 0 Å². The van der Waals surface area contributed by atoms with Crippen LogP contribution in [0.25, 0.3) is 0 Å². The zero-order valence-electron chi connectivity index (χ0n) is 6.90. The molecular formula is C8H12N2O2. The third kappa shape index (κ3) is 1.72. The van der Waals surface area contributed by atoms with Gasteiger partial charge in [-0.2, -0.15) is 0 Å². The Hall–Kier alpha value is -1.13. The number of aliphatic hydroxyl groups is 1. The van der Waals surface area contributed by atoms with E-state index in [2.05, 4.69) is 4.98 Å². The van der Waals surface area contributed by atoms with Crippen LogP contribution in [0.2, 0.25) is 0 Å². The number of hydrogen-bond donors (Lipinski definition) is 2. The van der Waals surface area contributed by atoms with Crippen molar-refractivity contribution in [1.82, 2.24) is 4.98 Å². The summed E-state index contributed by atoms with van der Waals surface area (Å²) in [4.78, 5) is 3.87. The number of aromatic nitrogens is 1. The van der Waals surface area contributed by atoms with Crippen LogP contribution < -0.4 is 10.5 Å². The largest absolute Gasteiger partial charge is 0.496 e. The van der Waals surface area contributed by atoms with Crippen LogP contribution in [0.1, 0.15) is 11.7 Å². The highest BCUT2D eigenvalue weighted by Crippen LogP contribution is 2.22. The second-order valence-electron chi connectivity index (χ2n) is 2.37. The minimum absolute atomic E-state index is 0.169. The molecule has 1 rings (SSSR count). The molecule has 1 atom stereocenters. The topological polar surface area (TPSA) is 68.4 Å². The Morgan fingerprint density at radius 2 is 2.50 bits per heavy atom. The van der Waals surface area contributed by atoms with E-state index in [4.69, 9.17) is 10.5 Å². The molecule has 3 N–H and O–H groups in total. The molecule has 0 aliphatic heterocycles. The maximum atomic E-state index is 9.40. The number of methoxy groups -OCH3 is 1. The van der Waals surface area contributed by atoms with Crippen LogP contribution >= 0.6 is 0 Å². The predicted molar refractivity (Wildman–Crippen MR) is 44.8 cm³/mol. The Balaban J connectivity index is 2.96. The fraction of sp³-hybridized carbons (Fsp3) is 0.375. The van der Waals surface area contributed by atoms with Gasteiger partial charge in [0.1, 0.15) is 5.75 Å². The smallest absolute Gasteiger partial charge is 0.127 e. The fourth-order valence-corrected chi connectivity index (χ4v) is 0.957. The molecule has 1 heterocycles. The summed E-state index contributed by atoms with van der Waals surface area (Å²) in [6.45, 7) is 0.169. The third-order valence-corrected chi connectivity index (χ3v) is 1.61. The molecule has 0 aliphatic rings. The molecule has 0 saturated heterocycles. The molecule has 1 unspecified atom stereocenters. The highest BCUT2D eigenvalue weighted by molar-refractivity contribution is 5.31. The quantitative estimate of drug-likeness (QED) is 0.670. The molecule has 12 heavy (non-hydrogen) atoms. The van der Waals surface area contributed by atoms with Gasteiger partial charge in [0.15, 0.2) is 0 Å². The van der Waals surface area contributed by atoms with Crippen molar-refractivity contribution >= 4 is 0 Å². The monoisotopic (exact) mass is 168 g/mol. The van der Waals surface area contributed by atoms with Gasteiger partial charge in [-0.1, -0.05) is 0 Å². The van der Waals surface area contributed by atoms with Gasteiger partial charge in [0, 0.05) is 24.5 Å². The predicted octanol–water partition coefficient (Wildman–Crippen LogP) is 0.0823. The van der Waals surface area contributed by atoms with E-state index in [-0.39, 0.29) is 6.54 Å². The summed E-state index contributed by atoms with van der Waals surface area (Å²) >= 11 is 0. The summed E-state index contributed by atoms with van der Waals surface area (Å²) < 4.78 is 5.01. The summed E-state index contributed by atoms with van der Waals surface area (Å²) in [5.74, 6) is 0.614. The van der Waals surface area contributed by atoms with E-state index in [0.717, 1.165) is 0 Å². The molecule has 0 amide bonds. The Morgan fingerprint density at radius 3 is 3.08 bits per heavy atom. The van der Waals surface area contributed by atoms with E-state index in [9.17, 15) is 5.11 Å². The van der Waals surface area contributed by atoms with Gasteiger partial charge in [-0.15, -0.1) is 0 Å². The standard InChI is InChI=1S/C8H12N2O2/c1-12-8-2-3-10-5-6(8)7(11)4-9/h2-3,5,7,11H,4,9H2,1H3. The number of ether oxygens (including phenoxy) is 1. The lowest BCUT2D eigenvalue weighted by atomic mass is 10.1. The molecule has 0 aliphatic carbocycles. The lowest BCUT2D eigenvalue weighted by Gasteiger charge is -2.11. The van der Waals surface area contributed by atoms with E-state index in [0.29, 0.717) is 11.3 Å². The molecule has 0 fully saturated rings. The van der Waals surface area contributed by atoms with Crippen LogP contribution in [0.15, 0.2) is 18.5 Å². The number of nitrogens with zero attached hydrogens (tertiary/aromatic N) is 1. The maximum Gasteiger partial charge on any atom is 0.127 e. The van der Waals surface area contributed by atoms with Crippen LogP contribution in [0, 0.1) is 0 Å². The number of aliphatic hydroxyl groups excluding tert-OH is 1. The van der Waals surface area contributed by atoms with Crippen LogP contribution in [0.4, 0.5) is 0 Å². The number of rotatable bonds is 3. The van der Waals surface area contributed by atoms with Gasteiger partial charge in [0.05, 0.1) is 13.2 Å². The highest BCUT2D eigenvalue weighted by atomic mass is 16.5. The number of hydrogen-bond acceptors (Lipinski definition) is 4. The fourth-order valence-electron chi connectivity index (χ4n) is 0.957. The molecule has 0 radical (unpaired) electrons. The minimum Gasteiger partial charge on any atom is -0.496 e. The summed E-state index contributed by atoms with van der Waals surface area (Å²) in [5.41, 5.74) is 5.92. The lowest BCUT2D eigenvalue weighted by Crippen LogP contribution is -2.12. The number of pyridine rings is 1. The second-order valence-corrected chi connectivity index (χ2v) is 2.37. The van der Waals surface area contributed by atoms with Gasteiger partial charge in [0.2, 0.25) is 0 Å². The van der Waals surface area contributed by atoms with Crippen LogP contribution in [0.5, 0.6) is 5.75 Å². The Labute approximate surface area is 71.0 Å². The van der Waals surface area contributed by atoms with Crippen molar-refractivity contribution in [1.29, 1.82) is 0 Å². The zero-order chi connectivity index (χ0) is 8.97. The van der Waals surface area contributed by atoms with Crippen molar-refractivity contribution in [2.24, 2.45) is 5.73 Å². The molecule has 4 nitrogen and oxygen atoms in total. The van der Waals surface area contributed by atoms with E-state index >= 15 is 0 Å². The molecular weight excluding hydrogens is 156 g/mol. The minimum atomic E-state index is -0.700. The summed E-state index contributed by atoms with van der Waals surface area (Å²) in [6, 6.07) is 1.69. The van der Waals surface area contributed by atoms with Crippen molar-refractivity contribution in [3.05, 3.63) is 24.0 Å². The molecule has 0 saturated carbocycles. The van der Waals surface area contributed by atoms with Gasteiger partial charge in [-0.05, 0) is 6.07 Å². The SMILES string of the molecule is COc1ccncc1C(O)CN. The van der Waals surface area contributed by atoms with E-state index in [1.807, 2.05) is 0 Å². The molecule has 1 aromatic rings. The van der Waals surface area contributed by atoms with Gasteiger partial charge < -0.3 is 15.6 Å². The first kappa shape index (κ1) is 8.96. The first-order chi connectivity index (χ1) is 5.79. The molecule has 66 valence electrons. The third-order valence-electron chi connectivity index (χ3n) is 1.61. The summed E-state index contributed by atoms with van der Waals surface area (Å²) in [7, 11) is 1.54. The van der Waals surface area contributed by atoms with E-state index in [1.54, 1.807) is 25.6 Å². The van der Waals surface area contributed by atoms with E-state index in [1.165, 1.54) is 0 Å². The van der Waals surface area contributed by atoms with Crippen molar-refractivity contribution in [3.8, 4) is 5.75 Å². The van der Waals surface area contributed by atoms with Crippen LogP contribution in [0.3, 0.4) is 0 Å².